The van der Waals surface area contributed by atoms with E-state index in [0.29, 0.717) is 21.7 Å². The minimum atomic E-state index is 0.0360. The van der Waals surface area contributed by atoms with Crippen LogP contribution >= 0.6 is 35.4 Å². The molecule has 0 saturated carbocycles. The molecule has 2 heterocycles. The highest BCUT2D eigenvalue weighted by Crippen LogP contribution is 2.25. The molecular formula is C21H26Cl2N6S. The molecule has 0 aliphatic rings. The highest BCUT2D eigenvalue weighted by molar-refractivity contribution is 7.80. The number of halogens is 2. The number of benzene rings is 1. The van der Waals surface area contributed by atoms with Gasteiger partial charge in [0.15, 0.2) is 5.11 Å². The van der Waals surface area contributed by atoms with Crippen molar-refractivity contribution in [1.82, 2.24) is 24.9 Å². The van der Waals surface area contributed by atoms with Gasteiger partial charge in [-0.2, -0.15) is 10.2 Å². The van der Waals surface area contributed by atoms with Gasteiger partial charge in [0.2, 0.25) is 0 Å². The van der Waals surface area contributed by atoms with Gasteiger partial charge in [-0.1, -0.05) is 29.3 Å². The van der Waals surface area contributed by atoms with Crippen LogP contribution in [0.3, 0.4) is 0 Å². The Morgan fingerprint density at radius 2 is 1.90 bits per heavy atom. The van der Waals surface area contributed by atoms with Crippen LogP contribution in [-0.4, -0.2) is 24.7 Å². The van der Waals surface area contributed by atoms with Gasteiger partial charge in [-0.25, -0.2) is 0 Å². The molecule has 1 aromatic carbocycles. The summed E-state index contributed by atoms with van der Waals surface area (Å²) in [6, 6.07) is 5.53. The fourth-order valence-corrected chi connectivity index (χ4v) is 4.22. The van der Waals surface area contributed by atoms with Gasteiger partial charge in [0.05, 0.1) is 35.9 Å². The topological polar surface area (TPSA) is 59.7 Å². The van der Waals surface area contributed by atoms with Gasteiger partial charge in [-0.3, -0.25) is 9.36 Å². The normalized spacial score (nSPS) is 12.1. The summed E-state index contributed by atoms with van der Waals surface area (Å²) in [4.78, 5) is 0. The second kappa shape index (κ2) is 9.37. The Kier molecular flexibility index (Phi) is 7.06. The van der Waals surface area contributed by atoms with E-state index in [-0.39, 0.29) is 6.04 Å². The molecule has 0 spiro atoms. The molecule has 2 N–H and O–H groups in total. The van der Waals surface area contributed by atoms with Crippen LogP contribution in [0.4, 0.5) is 5.69 Å². The predicted molar refractivity (Wildman–Crippen MR) is 128 cm³/mol. The van der Waals surface area contributed by atoms with Gasteiger partial charge in [0, 0.05) is 27.8 Å². The molecular weight excluding hydrogens is 439 g/mol. The lowest BCUT2D eigenvalue weighted by Crippen LogP contribution is -2.31. The number of hydrogen-bond acceptors (Lipinski definition) is 3. The molecule has 0 radical (unpaired) electrons. The standard InChI is InChI=1S/C21H26Cl2N6S/c1-6-28-14(4)18(10-24-28)12(2)25-21(30)26-20-13(3)27-29(15(20)5)11-16-7-8-17(22)9-19(16)23/h7-10,12H,6,11H2,1-5H3,(H2,25,26,30). The van der Waals surface area contributed by atoms with Gasteiger partial charge < -0.3 is 10.6 Å². The fraction of sp³-hybridized carbons (Fsp3) is 0.381. The predicted octanol–water partition coefficient (Wildman–Crippen LogP) is 5.43. The lowest BCUT2D eigenvalue weighted by molar-refractivity contribution is 0.633. The summed E-state index contributed by atoms with van der Waals surface area (Å²) in [6.45, 7) is 11.6. The molecule has 9 heteroatoms. The number of nitrogens with one attached hydrogen (secondary N) is 2. The van der Waals surface area contributed by atoms with E-state index in [2.05, 4.69) is 41.6 Å². The molecule has 1 unspecified atom stereocenters. The summed E-state index contributed by atoms with van der Waals surface area (Å²) >= 11 is 17.9. The van der Waals surface area contributed by atoms with Crippen molar-refractivity contribution in [3.8, 4) is 0 Å². The van der Waals surface area contributed by atoms with Crippen molar-refractivity contribution in [3.05, 3.63) is 62.6 Å². The van der Waals surface area contributed by atoms with Crippen LogP contribution in [0.2, 0.25) is 10.0 Å². The molecule has 0 saturated heterocycles. The second-order valence-corrected chi connectivity index (χ2v) is 8.51. The summed E-state index contributed by atoms with van der Waals surface area (Å²) in [7, 11) is 0. The molecule has 0 fully saturated rings. The van der Waals surface area contributed by atoms with E-state index in [1.807, 2.05) is 41.5 Å². The molecule has 1 atom stereocenters. The summed E-state index contributed by atoms with van der Waals surface area (Å²) in [6.07, 6.45) is 1.89. The molecule has 30 heavy (non-hydrogen) atoms. The van der Waals surface area contributed by atoms with Gasteiger partial charge in [0.25, 0.3) is 0 Å². The first-order chi connectivity index (χ1) is 14.2. The maximum absolute atomic E-state index is 6.32. The van der Waals surface area contributed by atoms with Gasteiger partial charge in [0.1, 0.15) is 0 Å². The van der Waals surface area contributed by atoms with Crippen molar-refractivity contribution in [2.24, 2.45) is 0 Å². The van der Waals surface area contributed by atoms with Crippen LogP contribution in [0.5, 0.6) is 0 Å². The molecule has 6 nitrogen and oxygen atoms in total. The van der Waals surface area contributed by atoms with Crippen molar-refractivity contribution in [1.29, 1.82) is 0 Å². The van der Waals surface area contributed by atoms with Crippen molar-refractivity contribution in [2.75, 3.05) is 5.32 Å². The van der Waals surface area contributed by atoms with E-state index in [0.717, 1.165) is 40.4 Å². The van der Waals surface area contributed by atoms with E-state index in [1.54, 1.807) is 6.07 Å². The largest absolute Gasteiger partial charge is 0.356 e. The zero-order valence-corrected chi connectivity index (χ0v) is 20.1. The number of hydrogen-bond donors (Lipinski definition) is 2. The lowest BCUT2D eigenvalue weighted by atomic mass is 10.1. The minimum absolute atomic E-state index is 0.0360. The number of rotatable bonds is 6. The highest BCUT2D eigenvalue weighted by Gasteiger charge is 2.17. The van der Waals surface area contributed by atoms with Crippen LogP contribution in [0.1, 0.15) is 48.1 Å². The number of aromatic nitrogens is 4. The minimum Gasteiger partial charge on any atom is -0.356 e. The van der Waals surface area contributed by atoms with Crippen LogP contribution in [-0.2, 0) is 13.1 Å². The molecule has 2 aromatic heterocycles. The third-order valence-corrected chi connectivity index (χ3v) is 6.02. The Bertz CT molecular complexity index is 1070. The Hall–Kier alpha value is -2.09. The summed E-state index contributed by atoms with van der Waals surface area (Å²) in [5.74, 6) is 0. The highest BCUT2D eigenvalue weighted by atomic mass is 35.5. The molecule has 3 rings (SSSR count). The summed E-state index contributed by atoms with van der Waals surface area (Å²) in [5.41, 5.74) is 5.96. The number of aryl methyl sites for hydroxylation is 2. The van der Waals surface area contributed by atoms with Crippen molar-refractivity contribution < 1.29 is 0 Å². The first-order valence-corrected chi connectivity index (χ1v) is 10.9. The summed E-state index contributed by atoms with van der Waals surface area (Å²) < 4.78 is 3.89. The van der Waals surface area contributed by atoms with Crippen LogP contribution < -0.4 is 10.6 Å². The van der Waals surface area contributed by atoms with E-state index >= 15 is 0 Å². The average molecular weight is 465 g/mol. The second-order valence-electron chi connectivity index (χ2n) is 7.26. The van der Waals surface area contributed by atoms with E-state index in [4.69, 9.17) is 35.4 Å². The monoisotopic (exact) mass is 464 g/mol. The Morgan fingerprint density at radius 3 is 2.53 bits per heavy atom. The zero-order chi connectivity index (χ0) is 22.0. The van der Waals surface area contributed by atoms with Crippen molar-refractivity contribution in [2.45, 2.75) is 53.8 Å². The lowest BCUT2D eigenvalue weighted by Gasteiger charge is -2.17. The Morgan fingerprint density at radius 1 is 1.17 bits per heavy atom. The van der Waals surface area contributed by atoms with Gasteiger partial charge in [-0.05, 0) is 64.5 Å². The van der Waals surface area contributed by atoms with E-state index in [9.17, 15) is 0 Å². The maximum Gasteiger partial charge on any atom is 0.171 e. The average Bonchev–Trinajstić information content (AvgIpc) is 3.18. The molecule has 0 bridgehead atoms. The quantitative estimate of drug-likeness (QED) is 0.476. The van der Waals surface area contributed by atoms with Crippen LogP contribution in [0.15, 0.2) is 24.4 Å². The third-order valence-electron chi connectivity index (χ3n) is 5.21. The molecule has 0 aliphatic heterocycles. The SMILES string of the molecule is CCn1ncc(C(C)NC(=S)Nc2c(C)nn(Cc3ccc(Cl)cc3Cl)c2C)c1C. The maximum atomic E-state index is 6.32. The van der Waals surface area contributed by atoms with Crippen molar-refractivity contribution in [3.63, 3.8) is 0 Å². The van der Waals surface area contributed by atoms with Crippen molar-refractivity contribution >= 4 is 46.2 Å². The van der Waals surface area contributed by atoms with E-state index in [1.165, 1.54) is 0 Å². The number of nitrogens with zero attached hydrogens (tertiary/aromatic N) is 4. The molecule has 160 valence electrons. The molecule has 3 aromatic rings. The first-order valence-electron chi connectivity index (χ1n) is 9.79. The van der Waals surface area contributed by atoms with Gasteiger partial charge in [-0.15, -0.1) is 0 Å². The Labute approximate surface area is 192 Å². The fourth-order valence-electron chi connectivity index (χ4n) is 3.47. The molecule has 0 aliphatic carbocycles. The van der Waals surface area contributed by atoms with Gasteiger partial charge >= 0.3 is 0 Å². The molecule has 0 amide bonds. The third kappa shape index (κ3) is 4.79. The van der Waals surface area contributed by atoms with E-state index < -0.39 is 0 Å². The smallest absolute Gasteiger partial charge is 0.171 e. The van der Waals surface area contributed by atoms with Crippen LogP contribution in [0.25, 0.3) is 0 Å². The first kappa shape index (κ1) is 22.6. The Balaban J connectivity index is 1.72. The number of anilines is 1. The van der Waals surface area contributed by atoms with Crippen LogP contribution in [0, 0.1) is 20.8 Å². The summed E-state index contributed by atoms with van der Waals surface area (Å²) in [5, 5.41) is 17.5. The zero-order valence-electron chi connectivity index (χ0n) is 17.8. The number of thiocarbonyl (C=S) groups is 1.